The van der Waals surface area contributed by atoms with E-state index in [0.717, 1.165) is 26.9 Å². The molecule has 0 unspecified atom stereocenters. The third kappa shape index (κ3) is 5.28. The molecule has 5 nitrogen and oxygen atoms in total. The lowest BCUT2D eigenvalue weighted by Crippen LogP contribution is -2.17. The molecular weight excluding hydrogens is 450 g/mol. The minimum Gasteiger partial charge on any atom is -0.411 e. The van der Waals surface area contributed by atoms with Crippen molar-refractivity contribution in [3.05, 3.63) is 58.1 Å². The number of thioether (sulfide) groups is 1. The van der Waals surface area contributed by atoms with Gasteiger partial charge >= 0.3 is 0 Å². The number of carbonyl (C=O) groups excluding carboxylic acids is 1. The van der Waals surface area contributed by atoms with Gasteiger partial charge in [-0.3, -0.25) is 4.79 Å². The lowest BCUT2D eigenvalue weighted by Gasteiger charge is -2.20. The Morgan fingerprint density at radius 2 is 1.69 bits per heavy atom. The first-order valence-corrected chi connectivity index (χ1v) is 11.3. The van der Waals surface area contributed by atoms with Crippen molar-refractivity contribution in [2.45, 2.75) is 44.8 Å². The molecule has 0 saturated carbocycles. The lowest BCUT2D eigenvalue weighted by atomic mass is 9.92. The standard InChI is InChI=1S/C22H24BrN3O2S/c1-13(2)15-9-7-10-16(14(3)4)20(15)24-19(27)12-29-22-26-25-21(28-22)17-8-5-6-11-18(17)23/h5-11,13-14H,12H2,1-4H3,(H,24,27). The van der Waals surface area contributed by atoms with Gasteiger partial charge < -0.3 is 9.73 Å². The van der Waals surface area contributed by atoms with E-state index in [2.05, 4.69) is 77.3 Å². The lowest BCUT2D eigenvalue weighted by molar-refractivity contribution is -0.113. The Bertz CT molecular complexity index is 975. The molecule has 0 aliphatic rings. The molecule has 152 valence electrons. The average molecular weight is 474 g/mol. The Kier molecular flexibility index (Phi) is 7.14. The third-order valence-electron chi connectivity index (χ3n) is 4.47. The zero-order valence-electron chi connectivity index (χ0n) is 16.9. The summed E-state index contributed by atoms with van der Waals surface area (Å²) in [6, 6.07) is 13.8. The molecule has 2 aromatic carbocycles. The zero-order valence-corrected chi connectivity index (χ0v) is 19.3. The van der Waals surface area contributed by atoms with E-state index in [0.29, 0.717) is 22.9 Å². The molecule has 3 aromatic rings. The summed E-state index contributed by atoms with van der Waals surface area (Å²) in [5.41, 5.74) is 4.03. The van der Waals surface area contributed by atoms with Crippen LogP contribution in [0.15, 0.2) is 56.6 Å². The topological polar surface area (TPSA) is 68.0 Å². The minimum absolute atomic E-state index is 0.0920. The van der Waals surface area contributed by atoms with E-state index in [1.54, 1.807) is 0 Å². The van der Waals surface area contributed by atoms with E-state index in [4.69, 9.17) is 4.42 Å². The fourth-order valence-corrected chi connectivity index (χ4v) is 4.03. The van der Waals surface area contributed by atoms with Crippen LogP contribution in [0.25, 0.3) is 11.5 Å². The number of amides is 1. The number of hydrogen-bond acceptors (Lipinski definition) is 5. The summed E-state index contributed by atoms with van der Waals surface area (Å²) < 4.78 is 6.58. The van der Waals surface area contributed by atoms with Gasteiger partial charge in [0.15, 0.2) is 0 Å². The molecule has 1 N–H and O–H groups in total. The molecule has 7 heteroatoms. The monoisotopic (exact) mass is 473 g/mol. The summed E-state index contributed by atoms with van der Waals surface area (Å²) in [5.74, 6) is 1.17. The SMILES string of the molecule is CC(C)c1cccc(C(C)C)c1NC(=O)CSc1nnc(-c2ccccc2Br)o1. The molecule has 1 heterocycles. The van der Waals surface area contributed by atoms with Crippen LogP contribution in [0.1, 0.15) is 50.7 Å². The fourth-order valence-electron chi connectivity index (χ4n) is 3.01. The number of halogens is 1. The predicted molar refractivity (Wildman–Crippen MR) is 121 cm³/mol. The van der Waals surface area contributed by atoms with Gasteiger partial charge in [0, 0.05) is 10.2 Å². The Labute approximate surface area is 183 Å². The second-order valence-corrected chi connectivity index (χ2v) is 9.09. The van der Waals surface area contributed by atoms with Gasteiger partial charge in [0.2, 0.25) is 11.8 Å². The van der Waals surface area contributed by atoms with Crippen molar-refractivity contribution in [1.82, 2.24) is 10.2 Å². The highest BCUT2D eigenvalue weighted by atomic mass is 79.9. The molecular formula is C22H24BrN3O2S. The number of benzene rings is 2. The highest BCUT2D eigenvalue weighted by Gasteiger charge is 2.17. The van der Waals surface area contributed by atoms with Crippen LogP contribution in [0.5, 0.6) is 0 Å². The Morgan fingerprint density at radius 3 is 2.31 bits per heavy atom. The molecule has 0 bridgehead atoms. The molecule has 0 aliphatic heterocycles. The number of rotatable bonds is 7. The van der Waals surface area contributed by atoms with Crippen molar-refractivity contribution in [3.8, 4) is 11.5 Å². The van der Waals surface area contributed by atoms with Crippen molar-refractivity contribution in [3.63, 3.8) is 0 Å². The first kappa shape index (κ1) is 21.6. The first-order chi connectivity index (χ1) is 13.9. The first-order valence-electron chi connectivity index (χ1n) is 9.50. The zero-order chi connectivity index (χ0) is 21.0. The third-order valence-corrected chi connectivity index (χ3v) is 5.98. The Morgan fingerprint density at radius 1 is 1.03 bits per heavy atom. The van der Waals surface area contributed by atoms with E-state index in [1.165, 1.54) is 11.8 Å². The second kappa shape index (κ2) is 9.59. The van der Waals surface area contributed by atoms with Crippen molar-refractivity contribution in [1.29, 1.82) is 0 Å². The maximum atomic E-state index is 12.6. The number of nitrogens with zero attached hydrogens (tertiary/aromatic N) is 2. The number of anilines is 1. The summed E-state index contributed by atoms with van der Waals surface area (Å²) in [6.07, 6.45) is 0. The van der Waals surface area contributed by atoms with Crippen LogP contribution in [0.3, 0.4) is 0 Å². The van der Waals surface area contributed by atoms with Gasteiger partial charge in [-0.1, -0.05) is 69.8 Å². The Hall–Kier alpha value is -2.12. The van der Waals surface area contributed by atoms with E-state index in [-0.39, 0.29) is 11.7 Å². The van der Waals surface area contributed by atoms with Crippen molar-refractivity contribution >= 4 is 39.3 Å². The van der Waals surface area contributed by atoms with Gasteiger partial charge in [0.05, 0.1) is 11.3 Å². The van der Waals surface area contributed by atoms with Crippen LogP contribution in [0.2, 0.25) is 0 Å². The number of carbonyl (C=O) groups is 1. The van der Waals surface area contributed by atoms with Crippen molar-refractivity contribution in [2.24, 2.45) is 0 Å². The highest BCUT2D eigenvalue weighted by Crippen LogP contribution is 2.33. The summed E-state index contributed by atoms with van der Waals surface area (Å²) in [7, 11) is 0. The molecule has 3 rings (SSSR count). The number of hydrogen-bond donors (Lipinski definition) is 1. The number of para-hydroxylation sites is 1. The molecule has 1 aromatic heterocycles. The van der Waals surface area contributed by atoms with Gasteiger partial charge in [0.25, 0.3) is 5.22 Å². The largest absolute Gasteiger partial charge is 0.411 e. The van der Waals surface area contributed by atoms with Crippen LogP contribution in [0, 0.1) is 0 Å². The molecule has 0 radical (unpaired) electrons. The second-order valence-electron chi connectivity index (χ2n) is 7.31. The van der Waals surface area contributed by atoms with Gasteiger partial charge in [-0.25, -0.2) is 0 Å². The van der Waals surface area contributed by atoms with Crippen LogP contribution < -0.4 is 5.32 Å². The van der Waals surface area contributed by atoms with Crippen molar-refractivity contribution < 1.29 is 9.21 Å². The average Bonchev–Trinajstić information content (AvgIpc) is 3.15. The normalized spacial score (nSPS) is 11.3. The molecule has 29 heavy (non-hydrogen) atoms. The van der Waals surface area contributed by atoms with Crippen LogP contribution in [-0.4, -0.2) is 21.9 Å². The Balaban J connectivity index is 1.69. The maximum Gasteiger partial charge on any atom is 0.277 e. The predicted octanol–water partition coefficient (Wildman–Crippen LogP) is 6.48. The van der Waals surface area contributed by atoms with Crippen molar-refractivity contribution in [2.75, 3.05) is 11.1 Å². The molecule has 0 saturated heterocycles. The molecule has 0 atom stereocenters. The molecule has 0 spiro atoms. The van der Waals surface area contributed by atoms with Crippen LogP contribution >= 0.6 is 27.7 Å². The number of aromatic nitrogens is 2. The maximum absolute atomic E-state index is 12.6. The van der Waals surface area contributed by atoms with Gasteiger partial charge in [0.1, 0.15) is 0 Å². The van der Waals surface area contributed by atoms with Crippen LogP contribution in [0.4, 0.5) is 5.69 Å². The van der Waals surface area contributed by atoms with E-state index < -0.39 is 0 Å². The molecule has 0 aliphatic carbocycles. The van der Waals surface area contributed by atoms with Gasteiger partial charge in [-0.05, 0) is 51.0 Å². The molecule has 0 fully saturated rings. The summed E-state index contributed by atoms with van der Waals surface area (Å²) in [6.45, 7) is 8.52. The summed E-state index contributed by atoms with van der Waals surface area (Å²) in [4.78, 5) is 12.6. The molecule has 1 amide bonds. The fraction of sp³-hybridized carbons (Fsp3) is 0.318. The number of nitrogens with one attached hydrogen (secondary N) is 1. The van der Waals surface area contributed by atoms with Gasteiger partial charge in [-0.15, -0.1) is 10.2 Å². The van der Waals surface area contributed by atoms with E-state index in [1.807, 2.05) is 24.3 Å². The van der Waals surface area contributed by atoms with Crippen LogP contribution in [-0.2, 0) is 4.79 Å². The quantitative estimate of drug-likeness (QED) is 0.397. The summed E-state index contributed by atoms with van der Waals surface area (Å²) >= 11 is 4.71. The smallest absolute Gasteiger partial charge is 0.277 e. The van der Waals surface area contributed by atoms with Gasteiger partial charge in [-0.2, -0.15) is 0 Å². The minimum atomic E-state index is -0.0920. The highest BCUT2D eigenvalue weighted by molar-refractivity contribution is 9.10. The summed E-state index contributed by atoms with van der Waals surface area (Å²) in [5, 5.41) is 11.6. The van der Waals surface area contributed by atoms with E-state index >= 15 is 0 Å². The van der Waals surface area contributed by atoms with E-state index in [9.17, 15) is 4.79 Å².